The van der Waals surface area contributed by atoms with Gasteiger partial charge in [0.2, 0.25) is 0 Å². The number of aryl methyl sites for hydroxylation is 2. The molecule has 0 radical (unpaired) electrons. The molecule has 2 N–H and O–H groups in total. The summed E-state index contributed by atoms with van der Waals surface area (Å²) in [6.07, 6.45) is 0.231. The SMILES string of the molecule is Cc1ccc(CCNC(=O)Oc2ccc3nc(-c4c(Cl)cccc4Cl)[nH]c3c2)cc1C. The van der Waals surface area contributed by atoms with Gasteiger partial charge in [-0.25, -0.2) is 9.78 Å². The molecular formula is C24H21Cl2N3O2. The van der Waals surface area contributed by atoms with Gasteiger partial charge in [0.1, 0.15) is 11.6 Å². The summed E-state index contributed by atoms with van der Waals surface area (Å²) in [6.45, 7) is 4.65. The number of amides is 1. The van der Waals surface area contributed by atoms with E-state index in [-0.39, 0.29) is 0 Å². The predicted octanol–water partition coefficient (Wildman–Crippen LogP) is 6.48. The number of benzene rings is 3. The van der Waals surface area contributed by atoms with Crippen LogP contribution in [0, 0.1) is 13.8 Å². The largest absolute Gasteiger partial charge is 0.412 e. The minimum Gasteiger partial charge on any atom is -0.410 e. The lowest BCUT2D eigenvalue weighted by molar-refractivity contribution is 0.200. The van der Waals surface area contributed by atoms with E-state index < -0.39 is 6.09 Å². The molecular weight excluding hydrogens is 433 g/mol. The van der Waals surface area contributed by atoms with Gasteiger partial charge >= 0.3 is 6.09 Å². The Bertz CT molecular complexity index is 1250. The molecule has 0 unspecified atom stereocenters. The monoisotopic (exact) mass is 453 g/mol. The van der Waals surface area contributed by atoms with Gasteiger partial charge in [-0.2, -0.15) is 0 Å². The Labute approximate surface area is 190 Å². The number of imidazole rings is 1. The lowest BCUT2D eigenvalue weighted by Crippen LogP contribution is -2.28. The van der Waals surface area contributed by atoms with E-state index in [1.807, 2.05) is 0 Å². The van der Waals surface area contributed by atoms with E-state index in [0.717, 1.165) is 6.42 Å². The van der Waals surface area contributed by atoms with E-state index in [2.05, 4.69) is 47.3 Å². The summed E-state index contributed by atoms with van der Waals surface area (Å²) in [7, 11) is 0. The fourth-order valence-electron chi connectivity index (χ4n) is 3.31. The van der Waals surface area contributed by atoms with Gasteiger partial charge in [-0.15, -0.1) is 0 Å². The molecule has 7 heteroatoms. The van der Waals surface area contributed by atoms with Gasteiger partial charge in [0, 0.05) is 12.6 Å². The smallest absolute Gasteiger partial charge is 0.410 e. The van der Waals surface area contributed by atoms with E-state index >= 15 is 0 Å². The Morgan fingerprint density at radius 1 is 1.03 bits per heavy atom. The second kappa shape index (κ2) is 9.00. The Balaban J connectivity index is 1.41. The second-order valence-electron chi connectivity index (χ2n) is 7.35. The van der Waals surface area contributed by atoms with Gasteiger partial charge < -0.3 is 15.0 Å². The molecule has 1 heterocycles. The molecule has 0 saturated carbocycles. The maximum absolute atomic E-state index is 12.2. The van der Waals surface area contributed by atoms with Crippen molar-refractivity contribution in [3.05, 3.63) is 81.3 Å². The molecule has 1 aromatic heterocycles. The van der Waals surface area contributed by atoms with E-state index in [0.29, 0.717) is 44.8 Å². The highest BCUT2D eigenvalue weighted by Gasteiger charge is 2.14. The standard InChI is InChI=1S/C24H21Cl2N3O2/c1-14-6-7-16(12-15(14)2)10-11-27-24(30)31-17-8-9-20-21(13-17)29-23(28-20)22-18(25)4-3-5-19(22)26/h3-9,12-13H,10-11H2,1-2H3,(H,27,30)(H,28,29). The molecule has 1 amide bonds. The minimum atomic E-state index is -0.503. The van der Waals surface area contributed by atoms with E-state index in [9.17, 15) is 4.79 Å². The topological polar surface area (TPSA) is 67.0 Å². The molecule has 4 rings (SSSR count). The average molecular weight is 454 g/mol. The van der Waals surface area contributed by atoms with E-state index in [4.69, 9.17) is 27.9 Å². The Morgan fingerprint density at radius 3 is 2.55 bits per heavy atom. The molecule has 0 saturated heterocycles. The van der Waals surface area contributed by atoms with Crippen molar-refractivity contribution in [3.63, 3.8) is 0 Å². The quantitative estimate of drug-likeness (QED) is 0.363. The summed E-state index contributed by atoms with van der Waals surface area (Å²) < 4.78 is 5.42. The Hall–Kier alpha value is -3.02. The van der Waals surface area contributed by atoms with Gasteiger partial charge in [-0.3, -0.25) is 0 Å². The summed E-state index contributed by atoms with van der Waals surface area (Å²) in [5, 5.41) is 3.80. The fraction of sp³-hybridized carbons (Fsp3) is 0.167. The van der Waals surface area contributed by atoms with Gasteiger partial charge in [0.15, 0.2) is 0 Å². The van der Waals surface area contributed by atoms with Crippen molar-refractivity contribution in [1.82, 2.24) is 15.3 Å². The number of aromatic nitrogens is 2. The van der Waals surface area contributed by atoms with Crippen LogP contribution >= 0.6 is 23.2 Å². The first-order valence-corrected chi connectivity index (χ1v) is 10.6. The van der Waals surface area contributed by atoms with Crippen LogP contribution in [0.3, 0.4) is 0 Å². The van der Waals surface area contributed by atoms with Gasteiger partial charge in [-0.05, 0) is 61.2 Å². The van der Waals surface area contributed by atoms with E-state index in [1.165, 1.54) is 16.7 Å². The molecule has 0 spiro atoms. The number of H-pyrrole nitrogens is 1. The maximum atomic E-state index is 12.2. The molecule has 158 valence electrons. The van der Waals surface area contributed by atoms with Gasteiger partial charge in [-0.1, -0.05) is 47.5 Å². The summed E-state index contributed by atoms with van der Waals surface area (Å²) in [5.41, 5.74) is 5.73. The van der Waals surface area contributed by atoms with Crippen LogP contribution in [0.4, 0.5) is 4.79 Å². The molecule has 0 aliphatic heterocycles. The average Bonchev–Trinajstić information content (AvgIpc) is 3.13. The van der Waals surface area contributed by atoms with Crippen LogP contribution in [0.5, 0.6) is 5.75 Å². The number of nitrogens with zero attached hydrogens (tertiary/aromatic N) is 1. The molecule has 4 aromatic rings. The second-order valence-corrected chi connectivity index (χ2v) is 8.16. The number of ether oxygens (including phenoxy) is 1. The Morgan fingerprint density at radius 2 is 1.81 bits per heavy atom. The van der Waals surface area contributed by atoms with Crippen LogP contribution in [0.15, 0.2) is 54.6 Å². The predicted molar refractivity (Wildman–Crippen MR) is 125 cm³/mol. The number of carbonyl (C=O) groups is 1. The minimum absolute atomic E-state index is 0.414. The van der Waals surface area contributed by atoms with Crippen LogP contribution in [-0.2, 0) is 6.42 Å². The first kappa shape index (κ1) is 21.2. The molecule has 5 nitrogen and oxygen atoms in total. The zero-order valence-electron chi connectivity index (χ0n) is 17.1. The summed E-state index contributed by atoms with van der Waals surface area (Å²) in [6, 6.07) is 16.8. The van der Waals surface area contributed by atoms with Crippen LogP contribution in [-0.4, -0.2) is 22.6 Å². The fourth-order valence-corrected chi connectivity index (χ4v) is 3.88. The highest BCUT2D eigenvalue weighted by molar-refractivity contribution is 6.39. The van der Waals surface area contributed by atoms with Crippen LogP contribution in [0.25, 0.3) is 22.4 Å². The van der Waals surface area contributed by atoms with E-state index in [1.54, 1.807) is 36.4 Å². The van der Waals surface area contributed by atoms with Crippen molar-refractivity contribution in [1.29, 1.82) is 0 Å². The summed E-state index contributed by atoms with van der Waals surface area (Å²) in [4.78, 5) is 19.9. The van der Waals surface area contributed by atoms with Crippen molar-refractivity contribution in [2.75, 3.05) is 6.54 Å². The van der Waals surface area contributed by atoms with Gasteiger partial charge in [0.05, 0.1) is 26.6 Å². The molecule has 0 fully saturated rings. The third-order valence-corrected chi connectivity index (χ3v) is 5.75. The number of carbonyl (C=O) groups excluding carboxylic acids is 1. The number of hydrogen-bond donors (Lipinski definition) is 2. The summed E-state index contributed by atoms with van der Waals surface area (Å²) >= 11 is 12.6. The third kappa shape index (κ3) is 4.84. The van der Waals surface area contributed by atoms with Crippen molar-refractivity contribution in [3.8, 4) is 17.1 Å². The molecule has 31 heavy (non-hydrogen) atoms. The number of fused-ring (bicyclic) bond motifs is 1. The highest BCUT2D eigenvalue weighted by atomic mass is 35.5. The maximum Gasteiger partial charge on any atom is 0.412 e. The molecule has 0 bridgehead atoms. The van der Waals surface area contributed by atoms with Gasteiger partial charge in [0.25, 0.3) is 0 Å². The lowest BCUT2D eigenvalue weighted by atomic mass is 10.0. The number of nitrogens with one attached hydrogen (secondary N) is 2. The first-order valence-electron chi connectivity index (χ1n) is 9.86. The molecule has 0 aliphatic carbocycles. The van der Waals surface area contributed by atoms with Crippen LogP contribution in [0.1, 0.15) is 16.7 Å². The number of halogens is 2. The number of aromatic amines is 1. The normalized spacial score (nSPS) is 11.0. The Kier molecular flexibility index (Phi) is 6.16. The molecule has 3 aromatic carbocycles. The van der Waals surface area contributed by atoms with Crippen molar-refractivity contribution in [2.24, 2.45) is 0 Å². The zero-order chi connectivity index (χ0) is 22.0. The lowest BCUT2D eigenvalue weighted by Gasteiger charge is -2.08. The zero-order valence-corrected chi connectivity index (χ0v) is 18.6. The summed E-state index contributed by atoms with van der Waals surface area (Å²) in [5.74, 6) is 0.970. The highest BCUT2D eigenvalue weighted by Crippen LogP contribution is 2.34. The van der Waals surface area contributed by atoms with Crippen LogP contribution < -0.4 is 10.1 Å². The number of rotatable bonds is 5. The molecule has 0 atom stereocenters. The van der Waals surface area contributed by atoms with Crippen molar-refractivity contribution in [2.45, 2.75) is 20.3 Å². The molecule has 0 aliphatic rings. The number of hydrogen-bond acceptors (Lipinski definition) is 3. The van der Waals surface area contributed by atoms with Crippen molar-refractivity contribution >= 4 is 40.3 Å². The first-order chi connectivity index (χ1) is 14.9. The van der Waals surface area contributed by atoms with Crippen LogP contribution in [0.2, 0.25) is 10.0 Å². The van der Waals surface area contributed by atoms with Crippen molar-refractivity contribution < 1.29 is 9.53 Å². The third-order valence-electron chi connectivity index (χ3n) is 5.12.